The first-order valence-electron chi connectivity index (χ1n) is 34.1. The van der Waals surface area contributed by atoms with Gasteiger partial charge in [-0.3, -0.25) is 14.4 Å². The molecule has 1 unspecified atom stereocenters. The molecule has 0 aromatic rings. The van der Waals surface area contributed by atoms with Gasteiger partial charge >= 0.3 is 17.9 Å². The van der Waals surface area contributed by atoms with Crippen molar-refractivity contribution in [3.63, 3.8) is 0 Å². The second kappa shape index (κ2) is 67.1. The molecule has 0 aliphatic heterocycles. The van der Waals surface area contributed by atoms with Crippen LogP contribution in [0.4, 0.5) is 0 Å². The highest BCUT2D eigenvalue weighted by molar-refractivity contribution is 5.71. The molecule has 0 aliphatic carbocycles. The third-order valence-electron chi connectivity index (χ3n) is 14.9. The predicted molar refractivity (Wildman–Crippen MR) is 344 cm³/mol. The standard InChI is InChI=1S/C73H128O6/c1-4-7-10-13-16-19-22-25-28-30-32-34-35-36-37-38-40-41-43-45-48-51-54-57-60-63-66-72(75)78-69-70(68-77-71(74)65-62-59-56-53-50-47-27-24-21-18-15-12-9-6-3)79-73(76)67-64-61-58-55-52-49-46-44-42-39-33-31-29-26-23-20-17-14-11-8-5-2/h8,11,17,20,24,26-27,29,33,39,44,46,52,55,70H,4-7,9-10,12-16,18-19,21-23,25,28,30-32,34-38,40-43,45,47-51,53-54,56-69H2,1-3H3/b11-8-,20-17-,27-24-,29-26-,39-33-,46-44-,55-52-. The maximum atomic E-state index is 12.9. The van der Waals surface area contributed by atoms with Gasteiger partial charge < -0.3 is 14.2 Å². The van der Waals surface area contributed by atoms with Crippen LogP contribution in [0.25, 0.3) is 0 Å². The zero-order chi connectivity index (χ0) is 57.1. The summed E-state index contributed by atoms with van der Waals surface area (Å²) < 4.78 is 16.9. The van der Waals surface area contributed by atoms with Crippen molar-refractivity contribution in [1.29, 1.82) is 0 Å². The Morgan fingerprint density at radius 3 is 0.810 bits per heavy atom. The van der Waals surface area contributed by atoms with Crippen LogP contribution in [0.2, 0.25) is 0 Å². The fourth-order valence-electron chi connectivity index (χ4n) is 9.80. The Hall–Kier alpha value is -3.41. The Labute approximate surface area is 490 Å². The number of carbonyl (C=O) groups excluding carboxylic acids is 3. The minimum absolute atomic E-state index is 0.0941. The Bertz CT molecular complexity index is 1500. The van der Waals surface area contributed by atoms with Crippen molar-refractivity contribution in [2.24, 2.45) is 0 Å². The maximum Gasteiger partial charge on any atom is 0.306 e. The van der Waals surface area contributed by atoms with Gasteiger partial charge in [0.15, 0.2) is 6.10 Å². The molecule has 0 saturated carbocycles. The van der Waals surface area contributed by atoms with E-state index in [4.69, 9.17) is 14.2 Å². The van der Waals surface area contributed by atoms with Crippen LogP contribution in [0.1, 0.15) is 342 Å². The summed E-state index contributed by atoms with van der Waals surface area (Å²) in [5, 5.41) is 0. The first kappa shape index (κ1) is 75.6. The lowest BCUT2D eigenvalue weighted by Crippen LogP contribution is -2.30. The Balaban J connectivity index is 4.34. The molecular weight excluding hydrogens is 973 g/mol. The molecule has 0 rings (SSSR count). The van der Waals surface area contributed by atoms with Gasteiger partial charge in [0, 0.05) is 19.3 Å². The van der Waals surface area contributed by atoms with E-state index >= 15 is 0 Å². The highest BCUT2D eigenvalue weighted by Gasteiger charge is 2.19. The number of hydrogen-bond acceptors (Lipinski definition) is 6. The summed E-state index contributed by atoms with van der Waals surface area (Å²) in [5.41, 5.74) is 0. The molecule has 0 bridgehead atoms. The molecule has 0 aromatic carbocycles. The van der Waals surface area contributed by atoms with E-state index in [0.29, 0.717) is 19.3 Å². The average Bonchev–Trinajstić information content (AvgIpc) is 3.45. The quantitative estimate of drug-likeness (QED) is 0.0261. The van der Waals surface area contributed by atoms with Gasteiger partial charge in [-0.1, -0.05) is 311 Å². The fraction of sp³-hybridized carbons (Fsp3) is 0.767. The predicted octanol–water partition coefficient (Wildman–Crippen LogP) is 23.4. The van der Waals surface area contributed by atoms with E-state index in [1.165, 1.54) is 199 Å². The number of unbranched alkanes of at least 4 members (excludes halogenated alkanes) is 37. The summed E-state index contributed by atoms with van der Waals surface area (Å²) in [6.45, 7) is 6.52. The molecule has 0 spiro atoms. The molecule has 0 aromatic heterocycles. The molecule has 1 atom stereocenters. The minimum Gasteiger partial charge on any atom is -0.462 e. The molecule has 79 heavy (non-hydrogen) atoms. The van der Waals surface area contributed by atoms with E-state index in [1.54, 1.807) is 0 Å². The Morgan fingerprint density at radius 1 is 0.266 bits per heavy atom. The third kappa shape index (κ3) is 65.3. The van der Waals surface area contributed by atoms with Crippen molar-refractivity contribution in [2.75, 3.05) is 13.2 Å². The monoisotopic (exact) mass is 1100 g/mol. The summed E-state index contributed by atoms with van der Waals surface area (Å²) in [6, 6.07) is 0. The van der Waals surface area contributed by atoms with E-state index in [9.17, 15) is 14.4 Å². The van der Waals surface area contributed by atoms with Crippen LogP contribution in [0.5, 0.6) is 0 Å². The SMILES string of the molecule is CC/C=C\C/C=C\C/C=C\C/C=C\C/C=C\C/C=C\CCCCC(=O)OC(COC(=O)CCCCCCC/C=C\CCCCCCC)COC(=O)CCCCCCCCCCCCCCCCCCCCCCCCCCCC. The molecule has 0 radical (unpaired) electrons. The van der Waals surface area contributed by atoms with Gasteiger partial charge in [0.1, 0.15) is 13.2 Å². The summed E-state index contributed by atoms with van der Waals surface area (Å²) in [4.78, 5) is 38.4. The van der Waals surface area contributed by atoms with Gasteiger partial charge in [-0.15, -0.1) is 0 Å². The van der Waals surface area contributed by atoms with Gasteiger partial charge in [0.05, 0.1) is 0 Å². The molecule has 6 nitrogen and oxygen atoms in total. The average molecular weight is 1100 g/mol. The van der Waals surface area contributed by atoms with Crippen molar-refractivity contribution >= 4 is 17.9 Å². The van der Waals surface area contributed by atoms with Crippen molar-refractivity contribution in [3.8, 4) is 0 Å². The van der Waals surface area contributed by atoms with Crippen LogP contribution in [0.3, 0.4) is 0 Å². The molecule has 6 heteroatoms. The van der Waals surface area contributed by atoms with Crippen LogP contribution in [-0.2, 0) is 28.6 Å². The highest BCUT2D eigenvalue weighted by atomic mass is 16.6. The highest BCUT2D eigenvalue weighted by Crippen LogP contribution is 2.18. The Morgan fingerprint density at radius 2 is 0.494 bits per heavy atom. The van der Waals surface area contributed by atoms with Crippen LogP contribution in [0, 0.1) is 0 Å². The molecule has 0 aliphatic rings. The van der Waals surface area contributed by atoms with E-state index in [2.05, 4.69) is 106 Å². The van der Waals surface area contributed by atoms with E-state index in [-0.39, 0.29) is 37.5 Å². The number of esters is 3. The molecule has 0 saturated heterocycles. The first-order chi connectivity index (χ1) is 39.0. The molecule has 0 fully saturated rings. The summed E-state index contributed by atoms with van der Waals surface area (Å²) in [7, 11) is 0. The lowest BCUT2D eigenvalue weighted by molar-refractivity contribution is -0.167. The fourth-order valence-corrected chi connectivity index (χ4v) is 9.80. The summed E-state index contributed by atoms with van der Waals surface area (Å²) in [6.07, 6.45) is 89.0. The molecular formula is C73H128O6. The normalized spacial score (nSPS) is 12.6. The number of allylic oxidation sites excluding steroid dienone is 14. The van der Waals surface area contributed by atoms with Gasteiger partial charge in [-0.05, 0) is 96.3 Å². The van der Waals surface area contributed by atoms with Crippen molar-refractivity contribution in [3.05, 3.63) is 85.1 Å². The summed E-state index contributed by atoms with van der Waals surface area (Å²) in [5.74, 6) is -0.931. The van der Waals surface area contributed by atoms with Crippen LogP contribution in [-0.4, -0.2) is 37.2 Å². The van der Waals surface area contributed by atoms with E-state index < -0.39 is 6.10 Å². The van der Waals surface area contributed by atoms with E-state index in [1.807, 2.05) is 0 Å². The van der Waals surface area contributed by atoms with Crippen molar-refractivity contribution in [1.82, 2.24) is 0 Å². The lowest BCUT2D eigenvalue weighted by atomic mass is 10.0. The molecule has 0 N–H and O–H groups in total. The second-order valence-corrected chi connectivity index (χ2v) is 22.7. The van der Waals surface area contributed by atoms with Crippen LogP contribution in [0.15, 0.2) is 85.1 Å². The van der Waals surface area contributed by atoms with Gasteiger partial charge in [0.2, 0.25) is 0 Å². The largest absolute Gasteiger partial charge is 0.462 e. The number of carbonyl (C=O) groups is 3. The zero-order valence-corrected chi connectivity index (χ0v) is 52.4. The lowest BCUT2D eigenvalue weighted by Gasteiger charge is -2.18. The van der Waals surface area contributed by atoms with Crippen molar-refractivity contribution in [2.45, 2.75) is 348 Å². The van der Waals surface area contributed by atoms with Gasteiger partial charge in [-0.25, -0.2) is 0 Å². The molecule has 0 heterocycles. The van der Waals surface area contributed by atoms with E-state index in [0.717, 1.165) is 96.3 Å². The summed E-state index contributed by atoms with van der Waals surface area (Å²) >= 11 is 0. The number of hydrogen-bond donors (Lipinski definition) is 0. The van der Waals surface area contributed by atoms with Gasteiger partial charge in [0.25, 0.3) is 0 Å². The Kier molecular flexibility index (Phi) is 64.2. The number of ether oxygens (including phenoxy) is 3. The molecule has 0 amide bonds. The van der Waals surface area contributed by atoms with Gasteiger partial charge in [-0.2, -0.15) is 0 Å². The second-order valence-electron chi connectivity index (χ2n) is 22.7. The number of rotatable bonds is 62. The minimum atomic E-state index is -0.804. The van der Waals surface area contributed by atoms with Crippen LogP contribution < -0.4 is 0 Å². The third-order valence-corrected chi connectivity index (χ3v) is 14.9. The molecule has 456 valence electrons. The topological polar surface area (TPSA) is 78.9 Å². The smallest absolute Gasteiger partial charge is 0.306 e. The first-order valence-corrected chi connectivity index (χ1v) is 34.1. The van der Waals surface area contributed by atoms with Crippen molar-refractivity contribution < 1.29 is 28.6 Å². The maximum absolute atomic E-state index is 12.9. The van der Waals surface area contributed by atoms with Crippen LogP contribution >= 0.6 is 0 Å². The zero-order valence-electron chi connectivity index (χ0n) is 52.4.